The van der Waals surface area contributed by atoms with Crippen molar-refractivity contribution < 1.29 is 9.59 Å². The highest BCUT2D eigenvalue weighted by Gasteiger charge is 2.18. The molecule has 1 aliphatic rings. The van der Waals surface area contributed by atoms with Crippen LogP contribution in [-0.4, -0.2) is 41.6 Å². The third kappa shape index (κ3) is 3.21. The van der Waals surface area contributed by atoms with Crippen LogP contribution in [0.4, 0.5) is 0 Å². The molecule has 1 aliphatic heterocycles. The number of amides is 2. The molecule has 14 heavy (non-hydrogen) atoms. The standard InChI is InChI=1S/C9H16N2O2S/c1-7(14)9(13)10-6-8(12)11-4-2-3-5-11/h7,14H,2-6H2,1H3,(H,10,13). The molecule has 0 aromatic heterocycles. The molecule has 80 valence electrons. The molecular weight excluding hydrogens is 200 g/mol. The molecule has 4 nitrogen and oxygen atoms in total. The third-order valence-corrected chi connectivity index (χ3v) is 2.49. The maximum Gasteiger partial charge on any atom is 0.241 e. The van der Waals surface area contributed by atoms with E-state index in [0.29, 0.717) is 0 Å². The molecule has 0 spiro atoms. The predicted molar refractivity (Wildman–Crippen MR) is 57.3 cm³/mol. The average molecular weight is 216 g/mol. The predicted octanol–water partition coefficient (Wildman–Crippen LogP) is 0.0433. The van der Waals surface area contributed by atoms with Crippen LogP contribution >= 0.6 is 12.6 Å². The van der Waals surface area contributed by atoms with Crippen molar-refractivity contribution in [3.05, 3.63) is 0 Å². The summed E-state index contributed by atoms with van der Waals surface area (Å²) in [5.41, 5.74) is 0. The molecule has 0 aliphatic carbocycles. The lowest BCUT2D eigenvalue weighted by Gasteiger charge is -2.15. The van der Waals surface area contributed by atoms with Gasteiger partial charge in [-0.2, -0.15) is 12.6 Å². The first kappa shape index (κ1) is 11.4. The Balaban J connectivity index is 2.23. The van der Waals surface area contributed by atoms with E-state index in [1.807, 2.05) is 0 Å². The first-order chi connectivity index (χ1) is 6.61. The fraction of sp³-hybridized carbons (Fsp3) is 0.778. The van der Waals surface area contributed by atoms with Crippen LogP contribution in [0.2, 0.25) is 0 Å². The molecule has 0 aromatic rings. The maximum absolute atomic E-state index is 11.5. The fourth-order valence-corrected chi connectivity index (χ4v) is 1.48. The van der Waals surface area contributed by atoms with Gasteiger partial charge < -0.3 is 10.2 Å². The normalized spacial score (nSPS) is 18.0. The van der Waals surface area contributed by atoms with Crippen LogP contribution < -0.4 is 5.32 Å². The summed E-state index contributed by atoms with van der Waals surface area (Å²) < 4.78 is 0. The van der Waals surface area contributed by atoms with Crippen LogP contribution in [0.25, 0.3) is 0 Å². The van der Waals surface area contributed by atoms with Crippen molar-refractivity contribution >= 4 is 24.4 Å². The molecule has 1 saturated heterocycles. The molecule has 2 amide bonds. The highest BCUT2D eigenvalue weighted by Crippen LogP contribution is 2.06. The second kappa shape index (κ2) is 5.24. The number of thiol groups is 1. The second-order valence-electron chi connectivity index (χ2n) is 3.48. The van der Waals surface area contributed by atoms with Gasteiger partial charge in [-0.25, -0.2) is 0 Å². The summed E-state index contributed by atoms with van der Waals surface area (Å²) in [6.07, 6.45) is 2.14. The third-order valence-electron chi connectivity index (χ3n) is 2.25. The Morgan fingerprint density at radius 2 is 2.00 bits per heavy atom. The Morgan fingerprint density at radius 3 is 2.50 bits per heavy atom. The lowest BCUT2D eigenvalue weighted by molar-refractivity contribution is -0.131. The summed E-state index contributed by atoms with van der Waals surface area (Å²) in [6.45, 7) is 3.43. The summed E-state index contributed by atoms with van der Waals surface area (Å²) in [4.78, 5) is 24.3. The highest BCUT2D eigenvalue weighted by molar-refractivity contribution is 7.81. The number of nitrogens with one attached hydrogen (secondary N) is 1. The van der Waals surface area contributed by atoms with Gasteiger partial charge in [0.2, 0.25) is 11.8 Å². The molecule has 1 unspecified atom stereocenters. The summed E-state index contributed by atoms with van der Waals surface area (Å²) in [5.74, 6) is -0.189. The molecule has 1 N–H and O–H groups in total. The van der Waals surface area contributed by atoms with Gasteiger partial charge in [-0.1, -0.05) is 0 Å². The Kier molecular flexibility index (Phi) is 4.25. The van der Waals surface area contributed by atoms with E-state index < -0.39 is 0 Å². The Bertz CT molecular complexity index is 225. The van der Waals surface area contributed by atoms with Gasteiger partial charge in [-0.15, -0.1) is 0 Å². The zero-order valence-corrected chi connectivity index (χ0v) is 9.22. The lowest BCUT2D eigenvalue weighted by Crippen LogP contribution is -2.40. The molecule has 0 radical (unpaired) electrons. The summed E-state index contributed by atoms with van der Waals surface area (Å²) in [7, 11) is 0. The second-order valence-corrected chi connectivity index (χ2v) is 4.26. The van der Waals surface area contributed by atoms with E-state index in [0.717, 1.165) is 25.9 Å². The zero-order valence-electron chi connectivity index (χ0n) is 8.32. The van der Waals surface area contributed by atoms with Crippen molar-refractivity contribution in [3.8, 4) is 0 Å². The number of carbonyl (C=O) groups excluding carboxylic acids is 2. The number of likely N-dealkylation sites (tertiary alicyclic amines) is 1. The van der Waals surface area contributed by atoms with Crippen LogP contribution in [0.5, 0.6) is 0 Å². The quantitative estimate of drug-likeness (QED) is 0.655. The molecule has 1 fully saturated rings. The van der Waals surface area contributed by atoms with Crippen LogP contribution in [0.15, 0.2) is 0 Å². The van der Waals surface area contributed by atoms with Crippen molar-refractivity contribution in [2.75, 3.05) is 19.6 Å². The maximum atomic E-state index is 11.5. The van der Waals surface area contributed by atoms with Gasteiger partial charge in [0, 0.05) is 13.1 Å². The van der Waals surface area contributed by atoms with Gasteiger partial charge >= 0.3 is 0 Å². The van der Waals surface area contributed by atoms with E-state index in [1.165, 1.54) is 0 Å². The fourth-order valence-electron chi connectivity index (χ4n) is 1.39. The monoisotopic (exact) mass is 216 g/mol. The van der Waals surface area contributed by atoms with Crippen LogP contribution in [-0.2, 0) is 9.59 Å². The summed E-state index contributed by atoms with van der Waals surface area (Å²) in [6, 6.07) is 0. The van der Waals surface area contributed by atoms with Gasteiger partial charge in [-0.3, -0.25) is 9.59 Å². The first-order valence-electron chi connectivity index (χ1n) is 4.85. The number of hydrogen-bond acceptors (Lipinski definition) is 3. The topological polar surface area (TPSA) is 49.4 Å². The minimum atomic E-state index is -0.360. The van der Waals surface area contributed by atoms with Gasteiger partial charge in [0.25, 0.3) is 0 Å². The number of rotatable bonds is 3. The van der Waals surface area contributed by atoms with Gasteiger partial charge in [-0.05, 0) is 19.8 Å². The molecule has 0 saturated carbocycles. The Labute approximate surface area is 89.4 Å². The minimum absolute atomic E-state index is 0.00448. The molecule has 5 heteroatoms. The van der Waals surface area contributed by atoms with Crippen molar-refractivity contribution in [2.45, 2.75) is 25.0 Å². The van der Waals surface area contributed by atoms with Crippen LogP contribution in [0.3, 0.4) is 0 Å². The number of carbonyl (C=O) groups is 2. The van der Waals surface area contributed by atoms with Crippen LogP contribution in [0, 0.1) is 0 Å². The van der Waals surface area contributed by atoms with Crippen molar-refractivity contribution in [3.63, 3.8) is 0 Å². The lowest BCUT2D eigenvalue weighted by atomic mass is 10.4. The highest BCUT2D eigenvalue weighted by atomic mass is 32.1. The van der Waals surface area contributed by atoms with E-state index in [2.05, 4.69) is 17.9 Å². The zero-order chi connectivity index (χ0) is 10.6. The molecule has 0 bridgehead atoms. The molecule has 1 rings (SSSR count). The van der Waals surface area contributed by atoms with Gasteiger partial charge in [0.05, 0.1) is 11.8 Å². The van der Waals surface area contributed by atoms with E-state index in [1.54, 1.807) is 11.8 Å². The Hall–Kier alpha value is -0.710. The van der Waals surface area contributed by atoms with Crippen molar-refractivity contribution in [2.24, 2.45) is 0 Å². The van der Waals surface area contributed by atoms with Crippen molar-refractivity contribution in [1.82, 2.24) is 10.2 Å². The van der Waals surface area contributed by atoms with E-state index >= 15 is 0 Å². The number of hydrogen-bond donors (Lipinski definition) is 2. The largest absolute Gasteiger partial charge is 0.346 e. The Morgan fingerprint density at radius 1 is 1.43 bits per heavy atom. The van der Waals surface area contributed by atoms with Gasteiger partial charge in [0.1, 0.15) is 0 Å². The molecule has 1 heterocycles. The molecular formula is C9H16N2O2S. The van der Waals surface area contributed by atoms with E-state index in [4.69, 9.17) is 0 Å². The summed E-state index contributed by atoms with van der Waals surface area (Å²) >= 11 is 3.97. The average Bonchev–Trinajstić information content (AvgIpc) is 2.66. The van der Waals surface area contributed by atoms with Gasteiger partial charge in [0.15, 0.2) is 0 Å². The number of nitrogens with zero attached hydrogens (tertiary/aromatic N) is 1. The van der Waals surface area contributed by atoms with Crippen molar-refractivity contribution in [1.29, 1.82) is 0 Å². The van der Waals surface area contributed by atoms with E-state index in [-0.39, 0.29) is 23.6 Å². The van der Waals surface area contributed by atoms with E-state index in [9.17, 15) is 9.59 Å². The van der Waals surface area contributed by atoms with Crippen LogP contribution in [0.1, 0.15) is 19.8 Å². The smallest absolute Gasteiger partial charge is 0.241 e. The molecule has 1 atom stereocenters. The molecule has 0 aromatic carbocycles. The SMILES string of the molecule is CC(S)C(=O)NCC(=O)N1CCCC1. The minimum Gasteiger partial charge on any atom is -0.346 e. The summed E-state index contributed by atoms with van der Waals surface area (Å²) in [5, 5.41) is 2.19. The first-order valence-corrected chi connectivity index (χ1v) is 5.36.